The molecule has 5 nitrogen and oxygen atoms in total. The number of phenolic OH excluding ortho intramolecular Hbond substituents is 1. The van der Waals surface area contributed by atoms with Crippen LogP contribution in [-0.2, 0) is 0 Å². The molecule has 88 valence electrons. The number of hydrogen-bond donors (Lipinski definition) is 3. The molecule has 1 aromatic carbocycles. The molecule has 2 rings (SSSR count). The van der Waals surface area contributed by atoms with E-state index >= 15 is 0 Å². The Labute approximate surface area is 97.9 Å². The Kier molecular flexibility index (Phi) is 2.74. The van der Waals surface area contributed by atoms with Crippen LogP contribution >= 0.6 is 0 Å². The molecule has 0 fully saturated rings. The first-order chi connectivity index (χ1) is 8.06. The minimum atomic E-state index is -0.456. The summed E-state index contributed by atoms with van der Waals surface area (Å²) in [7, 11) is 0. The second-order valence-electron chi connectivity index (χ2n) is 3.68. The molecule has 0 spiro atoms. The van der Waals surface area contributed by atoms with Gasteiger partial charge in [-0.25, -0.2) is 0 Å². The van der Waals surface area contributed by atoms with Crippen LogP contribution in [-0.4, -0.2) is 11.0 Å². The van der Waals surface area contributed by atoms with Crippen LogP contribution in [0.5, 0.6) is 5.75 Å². The molecule has 2 aromatic rings. The van der Waals surface area contributed by atoms with E-state index in [4.69, 9.17) is 10.2 Å². The summed E-state index contributed by atoms with van der Waals surface area (Å²) in [5.74, 6) is -0.182. The lowest BCUT2D eigenvalue weighted by Gasteiger charge is -2.06. The van der Waals surface area contributed by atoms with Crippen LogP contribution < -0.4 is 11.1 Å². The molecule has 0 aliphatic carbocycles. The predicted molar refractivity (Wildman–Crippen MR) is 63.9 cm³/mol. The Morgan fingerprint density at radius 1 is 1.35 bits per heavy atom. The largest absolute Gasteiger partial charge is 0.506 e. The summed E-state index contributed by atoms with van der Waals surface area (Å²) in [6, 6.07) is 7.89. The van der Waals surface area contributed by atoms with E-state index in [0.29, 0.717) is 5.69 Å². The fourth-order valence-corrected chi connectivity index (χ4v) is 1.41. The molecule has 1 amide bonds. The van der Waals surface area contributed by atoms with Crippen molar-refractivity contribution in [1.29, 1.82) is 0 Å². The van der Waals surface area contributed by atoms with Crippen LogP contribution in [0.1, 0.15) is 16.1 Å². The molecule has 5 heteroatoms. The van der Waals surface area contributed by atoms with Gasteiger partial charge in [0.25, 0.3) is 5.91 Å². The number of aromatic hydroxyl groups is 1. The average Bonchev–Trinajstić information content (AvgIpc) is 2.70. The minimum Gasteiger partial charge on any atom is -0.506 e. The molecule has 1 heterocycles. The molecule has 0 saturated carbocycles. The van der Waals surface area contributed by atoms with Crippen LogP contribution in [0.15, 0.2) is 34.7 Å². The lowest BCUT2D eigenvalue weighted by atomic mass is 10.2. The molecule has 0 unspecified atom stereocenters. The van der Waals surface area contributed by atoms with Crippen LogP contribution in [0.4, 0.5) is 11.6 Å². The second kappa shape index (κ2) is 4.21. The number of phenols is 1. The fraction of sp³-hybridized carbons (Fsp3) is 0.0833. The normalized spacial score (nSPS) is 10.2. The number of furan rings is 1. The number of nitrogens with two attached hydrogens (primary N) is 1. The summed E-state index contributed by atoms with van der Waals surface area (Å²) in [5, 5.41) is 12.1. The number of hydrogen-bond acceptors (Lipinski definition) is 4. The van der Waals surface area contributed by atoms with Gasteiger partial charge in [0.1, 0.15) is 5.75 Å². The van der Waals surface area contributed by atoms with E-state index in [-0.39, 0.29) is 17.4 Å². The molecule has 0 aliphatic rings. The molecule has 4 N–H and O–H groups in total. The number of carbonyl (C=O) groups is 1. The van der Waals surface area contributed by atoms with Gasteiger partial charge >= 0.3 is 0 Å². The Morgan fingerprint density at radius 3 is 2.76 bits per heavy atom. The Balaban J connectivity index is 2.21. The highest BCUT2D eigenvalue weighted by atomic mass is 16.4. The van der Waals surface area contributed by atoms with Crippen LogP contribution in [0.25, 0.3) is 0 Å². The summed E-state index contributed by atoms with van der Waals surface area (Å²) in [6.45, 7) is 1.86. The maximum atomic E-state index is 11.7. The third-order valence-corrected chi connectivity index (χ3v) is 2.25. The van der Waals surface area contributed by atoms with Crippen LogP contribution in [0, 0.1) is 6.92 Å². The third-order valence-electron chi connectivity index (χ3n) is 2.25. The minimum absolute atomic E-state index is 0.00322. The zero-order valence-electron chi connectivity index (χ0n) is 9.23. The first-order valence-electron chi connectivity index (χ1n) is 5.02. The van der Waals surface area contributed by atoms with Gasteiger partial charge in [0.2, 0.25) is 0 Å². The lowest BCUT2D eigenvalue weighted by molar-refractivity contribution is 0.0997. The monoisotopic (exact) mass is 232 g/mol. The third kappa shape index (κ3) is 2.39. The standard InChI is InChI=1S/C12H12N2O3/c1-7-2-3-9(15)8(6-7)14-12(16)10-4-5-11(13)17-10/h2-6,15H,13H2,1H3,(H,14,16). The predicted octanol–water partition coefficient (Wildman–Crippen LogP) is 2.13. The highest BCUT2D eigenvalue weighted by Crippen LogP contribution is 2.24. The van der Waals surface area contributed by atoms with Gasteiger partial charge in [-0.3, -0.25) is 4.79 Å². The van der Waals surface area contributed by atoms with E-state index in [1.165, 1.54) is 18.2 Å². The number of amides is 1. The van der Waals surface area contributed by atoms with Crippen LogP contribution in [0.3, 0.4) is 0 Å². The van der Waals surface area contributed by atoms with Crippen LogP contribution in [0.2, 0.25) is 0 Å². The zero-order valence-corrected chi connectivity index (χ0v) is 9.23. The summed E-state index contributed by atoms with van der Waals surface area (Å²) < 4.78 is 4.97. The van der Waals surface area contributed by atoms with Gasteiger partial charge in [-0.05, 0) is 30.7 Å². The summed E-state index contributed by atoms with van der Waals surface area (Å²) >= 11 is 0. The van der Waals surface area contributed by atoms with Crippen molar-refractivity contribution in [3.63, 3.8) is 0 Å². The second-order valence-corrected chi connectivity index (χ2v) is 3.68. The topological polar surface area (TPSA) is 88.5 Å². The van der Waals surface area contributed by atoms with Gasteiger partial charge in [0, 0.05) is 6.07 Å². The van der Waals surface area contributed by atoms with Crippen molar-refractivity contribution in [2.45, 2.75) is 6.92 Å². The SMILES string of the molecule is Cc1ccc(O)c(NC(=O)c2ccc(N)o2)c1. The van der Waals surface area contributed by atoms with Crippen molar-refractivity contribution < 1.29 is 14.3 Å². The number of anilines is 2. The van der Waals surface area contributed by atoms with Crippen molar-refractivity contribution in [3.8, 4) is 5.75 Å². The van der Waals surface area contributed by atoms with Gasteiger partial charge < -0.3 is 20.6 Å². The first kappa shape index (κ1) is 11.1. The van der Waals surface area contributed by atoms with E-state index in [2.05, 4.69) is 5.32 Å². The Hall–Kier alpha value is -2.43. The number of carbonyl (C=O) groups excluding carboxylic acids is 1. The van der Waals surface area contributed by atoms with Crippen molar-refractivity contribution in [2.24, 2.45) is 0 Å². The van der Waals surface area contributed by atoms with Gasteiger partial charge in [0.05, 0.1) is 5.69 Å². The summed E-state index contributed by atoms with van der Waals surface area (Å²) in [5.41, 5.74) is 6.63. The number of rotatable bonds is 2. The van der Waals surface area contributed by atoms with E-state index in [1.807, 2.05) is 6.92 Å². The molecular formula is C12H12N2O3. The Bertz CT molecular complexity index is 561. The van der Waals surface area contributed by atoms with Gasteiger partial charge in [-0.1, -0.05) is 6.07 Å². The number of aryl methyl sites for hydroxylation is 1. The number of nitrogen functional groups attached to an aromatic ring is 1. The summed E-state index contributed by atoms with van der Waals surface area (Å²) in [4.78, 5) is 11.7. The highest BCUT2D eigenvalue weighted by Gasteiger charge is 2.12. The van der Waals surface area contributed by atoms with E-state index in [0.717, 1.165) is 5.56 Å². The highest BCUT2D eigenvalue weighted by molar-refractivity contribution is 6.03. The van der Waals surface area contributed by atoms with Gasteiger partial charge in [-0.15, -0.1) is 0 Å². The molecule has 0 atom stereocenters. The molecular weight excluding hydrogens is 220 g/mol. The zero-order chi connectivity index (χ0) is 12.4. The maximum absolute atomic E-state index is 11.7. The summed E-state index contributed by atoms with van der Waals surface area (Å²) in [6.07, 6.45) is 0. The average molecular weight is 232 g/mol. The van der Waals surface area contributed by atoms with E-state index in [9.17, 15) is 9.90 Å². The van der Waals surface area contributed by atoms with Gasteiger partial charge in [0.15, 0.2) is 11.6 Å². The Morgan fingerprint density at radius 2 is 2.12 bits per heavy atom. The molecule has 0 aliphatic heterocycles. The quantitative estimate of drug-likeness (QED) is 0.692. The number of benzene rings is 1. The van der Waals surface area contributed by atoms with Crippen molar-refractivity contribution >= 4 is 17.5 Å². The van der Waals surface area contributed by atoms with E-state index < -0.39 is 5.91 Å². The fourth-order valence-electron chi connectivity index (χ4n) is 1.41. The first-order valence-corrected chi connectivity index (χ1v) is 5.02. The smallest absolute Gasteiger partial charge is 0.291 e. The molecule has 0 radical (unpaired) electrons. The van der Waals surface area contributed by atoms with Crippen molar-refractivity contribution in [3.05, 3.63) is 41.7 Å². The molecule has 0 saturated heterocycles. The van der Waals surface area contributed by atoms with Crippen molar-refractivity contribution in [2.75, 3.05) is 11.1 Å². The maximum Gasteiger partial charge on any atom is 0.291 e. The molecule has 1 aromatic heterocycles. The number of nitrogens with one attached hydrogen (secondary N) is 1. The van der Waals surface area contributed by atoms with E-state index in [1.54, 1.807) is 12.1 Å². The van der Waals surface area contributed by atoms with Gasteiger partial charge in [-0.2, -0.15) is 0 Å². The molecule has 17 heavy (non-hydrogen) atoms. The van der Waals surface area contributed by atoms with Crippen molar-refractivity contribution in [1.82, 2.24) is 0 Å². The molecule has 0 bridgehead atoms. The lowest BCUT2D eigenvalue weighted by Crippen LogP contribution is -2.11.